The van der Waals surface area contributed by atoms with Gasteiger partial charge in [0, 0.05) is 22.3 Å². The number of rotatable bonds is 5. The lowest BCUT2D eigenvalue weighted by Crippen LogP contribution is -2.49. The van der Waals surface area contributed by atoms with Crippen LogP contribution in [0.15, 0.2) is 43.0 Å². The zero-order valence-corrected chi connectivity index (χ0v) is 14.8. The van der Waals surface area contributed by atoms with Gasteiger partial charge in [-0.3, -0.25) is 0 Å². The van der Waals surface area contributed by atoms with E-state index in [0.717, 1.165) is 5.56 Å². The van der Waals surface area contributed by atoms with Gasteiger partial charge in [-0.25, -0.2) is 0 Å². The second-order valence-corrected chi connectivity index (χ2v) is 8.47. The molecule has 122 valence electrons. The molecule has 1 aromatic carbocycles. The quantitative estimate of drug-likeness (QED) is 0.810. The Balaban J connectivity index is 2.48. The summed E-state index contributed by atoms with van der Waals surface area (Å²) in [5, 5.41) is 22.7. The highest BCUT2D eigenvalue weighted by Gasteiger charge is 2.55. The van der Waals surface area contributed by atoms with Gasteiger partial charge in [0.25, 0.3) is 0 Å². The highest BCUT2D eigenvalue weighted by atomic mass is 32.2. The van der Waals surface area contributed by atoms with E-state index in [9.17, 15) is 10.2 Å². The second kappa shape index (κ2) is 6.38. The molecule has 2 rings (SSSR count). The van der Waals surface area contributed by atoms with E-state index in [0.29, 0.717) is 11.7 Å². The maximum absolute atomic E-state index is 11.5. The molecule has 1 heterocycles. The number of thioether (sulfide) groups is 1. The van der Waals surface area contributed by atoms with Gasteiger partial charge in [-0.2, -0.15) is 11.8 Å². The smallest absolute Gasteiger partial charge is 0.105 e. The minimum Gasteiger partial charge on any atom is -0.392 e. The van der Waals surface area contributed by atoms with Gasteiger partial charge in [0.15, 0.2) is 0 Å². The molecule has 0 amide bonds. The predicted octanol–water partition coefficient (Wildman–Crippen LogP) is 3.83. The van der Waals surface area contributed by atoms with Gasteiger partial charge in [0.05, 0.1) is 6.10 Å². The SMILES string of the molecule is C=CC(C)(C)[C@@H](O)[C@@H]1[C@@H](C(C)C)SC[C@@]1(O)c1ccccc1. The van der Waals surface area contributed by atoms with E-state index in [1.54, 1.807) is 17.8 Å². The van der Waals surface area contributed by atoms with Gasteiger partial charge >= 0.3 is 0 Å². The Hall–Kier alpha value is -0.770. The van der Waals surface area contributed by atoms with Crippen molar-refractivity contribution in [1.29, 1.82) is 0 Å². The van der Waals surface area contributed by atoms with Crippen LogP contribution in [0, 0.1) is 17.3 Å². The molecule has 1 aliphatic rings. The van der Waals surface area contributed by atoms with Crippen molar-refractivity contribution in [1.82, 2.24) is 0 Å². The molecule has 0 bridgehead atoms. The summed E-state index contributed by atoms with van der Waals surface area (Å²) in [7, 11) is 0. The van der Waals surface area contributed by atoms with Gasteiger partial charge < -0.3 is 10.2 Å². The number of aliphatic hydroxyl groups is 2. The average Bonchev–Trinajstić information content (AvgIpc) is 2.86. The van der Waals surface area contributed by atoms with Gasteiger partial charge in [0.1, 0.15) is 5.60 Å². The van der Waals surface area contributed by atoms with Crippen LogP contribution >= 0.6 is 11.8 Å². The van der Waals surface area contributed by atoms with Crippen molar-refractivity contribution in [2.24, 2.45) is 17.3 Å². The van der Waals surface area contributed by atoms with E-state index in [-0.39, 0.29) is 11.2 Å². The number of hydrogen-bond acceptors (Lipinski definition) is 3. The zero-order valence-electron chi connectivity index (χ0n) is 14.0. The second-order valence-electron chi connectivity index (χ2n) is 7.31. The highest BCUT2D eigenvalue weighted by Crippen LogP contribution is 2.52. The van der Waals surface area contributed by atoms with Crippen LogP contribution in [0.4, 0.5) is 0 Å². The molecule has 1 saturated heterocycles. The first-order valence-corrected chi connectivity index (χ1v) is 9.00. The molecule has 2 N–H and O–H groups in total. The Morgan fingerprint density at radius 3 is 2.41 bits per heavy atom. The monoisotopic (exact) mass is 320 g/mol. The van der Waals surface area contributed by atoms with E-state index in [1.807, 2.05) is 44.2 Å². The molecule has 0 aliphatic carbocycles. The van der Waals surface area contributed by atoms with Crippen molar-refractivity contribution < 1.29 is 10.2 Å². The molecule has 1 fully saturated rings. The van der Waals surface area contributed by atoms with Crippen molar-refractivity contribution in [3.05, 3.63) is 48.6 Å². The predicted molar refractivity (Wildman–Crippen MR) is 94.9 cm³/mol. The summed E-state index contributed by atoms with van der Waals surface area (Å²) in [6.45, 7) is 12.2. The molecule has 0 unspecified atom stereocenters. The van der Waals surface area contributed by atoms with Crippen molar-refractivity contribution in [3.8, 4) is 0 Å². The Morgan fingerprint density at radius 1 is 1.32 bits per heavy atom. The largest absolute Gasteiger partial charge is 0.392 e. The summed E-state index contributed by atoms with van der Waals surface area (Å²) in [5.41, 5.74) is -0.541. The van der Waals surface area contributed by atoms with Crippen LogP contribution in [0.25, 0.3) is 0 Å². The van der Waals surface area contributed by atoms with Crippen molar-refractivity contribution in [2.75, 3.05) is 5.75 Å². The van der Waals surface area contributed by atoms with Crippen molar-refractivity contribution >= 4 is 11.8 Å². The third kappa shape index (κ3) is 2.99. The molecular weight excluding hydrogens is 292 g/mol. The van der Waals surface area contributed by atoms with Crippen LogP contribution in [0.2, 0.25) is 0 Å². The Bertz CT molecular complexity index is 511. The summed E-state index contributed by atoms with van der Waals surface area (Å²) in [4.78, 5) is 0. The molecule has 0 radical (unpaired) electrons. The number of aliphatic hydroxyl groups excluding tert-OH is 1. The number of benzene rings is 1. The van der Waals surface area contributed by atoms with Crippen molar-refractivity contribution in [3.63, 3.8) is 0 Å². The first-order chi connectivity index (χ1) is 10.2. The lowest BCUT2D eigenvalue weighted by atomic mass is 9.68. The Morgan fingerprint density at radius 2 is 1.91 bits per heavy atom. The van der Waals surface area contributed by atoms with E-state index < -0.39 is 17.1 Å². The van der Waals surface area contributed by atoms with Crippen LogP contribution in [0.5, 0.6) is 0 Å². The molecule has 0 saturated carbocycles. The summed E-state index contributed by atoms with van der Waals surface area (Å²) >= 11 is 1.77. The third-order valence-electron chi connectivity index (χ3n) is 4.96. The molecule has 2 nitrogen and oxygen atoms in total. The molecular formula is C19H28O2S. The fraction of sp³-hybridized carbons (Fsp3) is 0.579. The lowest BCUT2D eigenvalue weighted by Gasteiger charge is -2.42. The Kier molecular flexibility index (Phi) is 5.10. The average molecular weight is 320 g/mol. The summed E-state index contributed by atoms with van der Waals surface area (Å²) < 4.78 is 0. The minimum atomic E-state index is -0.999. The lowest BCUT2D eigenvalue weighted by molar-refractivity contribution is -0.0864. The Labute approximate surface area is 138 Å². The van der Waals surface area contributed by atoms with Gasteiger partial charge in [-0.15, -0.1) is 6.58 Å². The summed E-state index contributed by atoms with van der Waals surface area (Å²) in [5.74, 6) is 0.797. The summed E-state index contributed by atoms with van der Waals surface area (Å²) in [6, 6.07) is 9.77. The molecule has 0 aromatic heterocycles. The summed E-state index contributed by atoms with van der Waals surface area (Å²) in [6.07, 6.45) is 1.15. The molecule has 1 aromatic rings. The molecule has 0 spiro atoms. The van der Waals surface area contributed by atoms with Crippen LogP contribution in [-0.4, -0.2) is 27.3 Å². The molecule has 4 atom stereocenters. The first-order valence-electron chi connectivity index (χ1n) is 7.95. The topological polar surface area (TPSA) is 40.5 Å². The van der Waals surface area contributed by atoms with E-state index in [1.165, 1.54) is 0 Å². The molecule has 22 heavy (non-hydrogen) atoms. The van der Waals surface area contributed by atoms with E-state index in [4.69, 9.17) is 0 Å². The van der Waals surface area contributed by atoms with Crippen LogP contribution < -0.4 is 0 Å². The van der Waals surface area contributed by atoms with Crippen molar-refractivity contribution in [2.45, 2.75) is 44.6 Å². The fourth-order valence-electron chi connectivity index (χ4n) is 3.33. The van der Waals surface area contributed by atoms with Crippen LogP contribution in [0.1, 0.15) is 33.3 Å². The van der Waals surface area contributed by atoms with E-state index in [2.05, 4.69) is 20.4 Å². The standard InChI is InChI=1S/C19H28O2S/c1-6-18(4,5)17(20)15-16(13(2)3)22-12-19(15,21)14-10-8-7-9-11-14/h6-11,13,15-17,20-21H,1,12H2,2-5H3/t15-,16+,17-,19+/m0/s1. The molecule has 3 heteroatoms. The molecule has 1 aliphatic heterocycles. The fourth-order valence-corrected chi connectivity index (χ4v) is 5.10. The first kappa shape index (κ1) is 17.6. The minimum absolute atomic E-state index is 0.215. The van der Waals surface area contributed by atoms with Gasteiger partial charge in [-0.1, -0.05) is 64.1 Å². The maximum Gasteiger partial charge on any atom is 0.105 e. The number of hydrogen-bond donors (Lipinski definition) is 2. The third-order valence-corrected chi connectivity index (χ3v) is 6.79. The zero-order chi connectivity index (χ0) is 16.5. The van der Waals surface area contributed by atoms with Gasteiger partial charge in [0.2, 0.25) is 0 Å². The van der Waals surface area contributed by atoms with Crippen LogP contribution in [-0.2, 0) is 5.60 Å². The van der Waals surface area contributed by atoms with E-state index >= 15 is 0 Å². The van der Waals surface area contributed by atoms with Gasteiger partial charge in [-0.05, 0) is 11.5 Å². The normalized spacial score (nSPS) is 30.5. The maximum atomic E-state index is 11.5. The van der Waals surface area contributed by atoms with Crippen LogP contribution in [0.3, 0.4) is 0 Å². The highest BCUT2D eigenvalue weighted by molar-refractivity contribution is 8.00.